The third-order valence-electron chi connectivity index (χ3n) is 1.84. The number of aromatic nitrogens is 1. The van der Waals surface area contributed by atoms with E-state index in [2.05, 4.69) is 4.98 Å². The Morgan fingerprint density at radius 3 is 2.41 bits per heavy atom. The summed E-state index contributed by atoms with van der Waals surface area (Å²) in [6.07, 6.45) is -3.23. The summed E-state index contributed by atoms with van der Waals surface area (Å²) in [6, 6.07) is 0.461. The summed E-state index contributed by atoms with van der Waals surface area (Å²) in [5.74, 6) is 0. The number of pyridine rings is 1. The lowest BCUT2D eigenvalue weighted by molar-refractivity contribution is -0.385. The second-order valence-corrected chi connectivity index (χ2v) is 5.46. The maximum atomic E-state index is 12.5. The highest BCUT2D eigenvalue weighted by atomic mass is 35.7. The van der Waals surface area contributed by atoms with Gasteiger partial charge in [-0.3, -0.25) is 10.1 Å². The molecule has 0 unspecified atom stereocenters. The topological polar surface area (TPSA) is 90.2 Å². The van der Waals surface area contributed by atoms with Crippen LogP contribution in [-0.2, 0) is 9.05 Å². The van der Waals surface area contributed by atoms with Crippen LogP contribution in [0.4, 0.5) is 14.5 Å². The number of nitro groups is 1. The number of aryl methyl sites for hydroxylation is 1. The lowest BCUT2D eigenvalue weighted by atomic mass is 10.2. The van der Waals surface area contributed by atoms with Crippen molar-refractivity contribution in [3.8, 4) is 0 Å². The summed E-state index contributed by atoms with van der Waals surface area (Å²) in [5.41, 5.74) is -2.08. The van der Waals surface area contributed by atoms with E-state index in [1.807, 2.05) is 0 Å². The average molecular weight is 287 g/mol. The molecule has 1 aromatic heterocycles. The van der Waals surface area contributed by atoms with Gasteiger partial charge in [-0.15, -0.1) is 0 Å². The van der Waals surface area contributed by atoms with Gasteiger partial charge >= 0.3 is 0 Å². The fourth-order valence-corrected chi connectivity index (χ4v) is 2.17. The minimum atomic E-state index is -4.48. The van der Waals surface area contributed by atoms with Gasteiger partial charge in [0, 0.05) is 16.7 Å². The predicted molar refractivity (Wildman–Crippen MR) is 53.6 cm³/mol. The second-order valence-electron chi connectivity index (χ2n) is 2.98. The first-order valence-electron chi connectivity index (χ1n) is 4.03. The summed E-state index contributed by atoms with van der Waals surface area (Å²) in [4.78, 5) is 12.8. The van der Waals surface area contributed by atoms with Crippen LogP contribution in [0.2, 0.25) is 0 Å². The zero-order valence-electron chi connectivity index (χ0n) is 8.22. The van der Waals surface area contributed by atoms with Crippen LogP contribution in [0.15, 0.2) is 11.1 Å². The third-order valence-corrected chi connectivity index (χ3v) is 3.07. The molecule has 0 amide bonds. The van der Waals surface area contributed by atoms with Gasteiger partial charge in [0.2, 0.25) is 0 Å². The first-order chi connectivity index (χ1) is 7.64. The molecule has 0 aromatic carbocycles. The Kier molecular flexibility index (Phi) is 3.62. The Morgan fingerprint density at radius 1 is 1.53 bits per heavy atom. The SMILES string of the molecule is Cc1nc(S(=O)(=O)Cl)c(C(F)F)cc1[N+](=O)[O-]. The minimum Gasteiger partial charge on any atom is -0.258 e. The van der Waals surface area contributed by atoms with Crippen LogP contribution in [-0.4, -0.2) is 18.3 Å². The van der Waals surface area contributed by atoms with E-state index in [-0.39, 0.29) is 5.69 Å². The van der Waals surface area contributed by atoms with Crippen LogP contribution >= 0.6 is 10.7 Å². The van der Waals surface area contributed by atoms with Crippen molar-refractivity contribution < 1.29 is 22.1 Å². The molecule has 1 aromatic rings. The molecular formula is C7H5ClF2N2O4S. The summed E-state index contributed by atoms with van der Waals surface area (Å²) >= 11 is 0. The largest absolute Gasteiger partial charge is 0.291 e. The highest BCUT2D eigenvalue weighted by Crippen LogP contribution is 2.31. The Labute approximate surface area is 98.8 Å². The highest BCUT2D eigenvalue weighted by Gasteiger charge is 2.28. The molecule has 0 aliphatic heterocycles. The molecular weight excluding hydrogens is 282 g/mol. The standard InChI is InChI=1S/C7H5ClF2N2O4S/c1-3-5(12(13)14)2-4(6(9)10)7(11-3)17(8,15)16/h2,6H,1H3. The molecule has 0 bridgehead atoms. The van der Waals surface area contributed by atoms with Crippen molar-refractivity contribution in [2.45, 2.75) is 18.4 Å². The summed E-state index contributed by atoms with van der Waals surface area (Å²) in [6.45, 7) is 1.12. The normalized spacial score (nSPS) is 11.8. The zero-order valence-corrected chi connectivity index (χ0v) is 9.80. The van der Waals surface area contributed by atoms with Crippen molar-refractivity contribution in [2.75, 3.05) is 0 Å². The summed E-state index contributed by atoms with van der Waals surface area (Å²) in [5, 5.41) is 9.44. The van der Waals surface area contributed by atoms with Gasteiger partial charge in [0.25, 0.3) is 21.2 Å². The average Bonchev–Trinajstić information content (AvgIpc) is 2.14. The highest BCUT2D eigenvalue weighted by molar-refractivity contribution is 8.13. The Hall–Kier alpha value is -1.35. The molecule has 94 valence electrons. The Morgan fingerprint density at radius 2 is 2.06 bits per heavy atom. The van der Waals surface area contributed by atoms with E-state index >= 15 is 0 Å². The van der Waals surface area contributed by atoms with E-state index in [1.165, 1.54) is 0 Å². The van der Waals surface area contributed by atoms with Crippen LogP contribution in [0.3, 0.4) is 0 Å². The zero-order chi connectivity index (χ0) is 13.4. The van der Waals surface area contributed by atoms with E-state index in [1.54, 1.807) is 0 Å². The first kappa shape index (κ1) is 13.7. The molecule has 17 heavy (non-hydrogen) atoms. The molecule has 0 aliphatic rings. The van der Waals surface area contributed by atoms with Crippen molar-refractivity contribution in [3.05, 3.63) is 27.4 Å². The molecule has 6 nitrogen and oxygen atoms in total. The molecule has 10 heteroatoms. The molecule has 0 spiro atoms. The van der Waals surface area contributed by atoms with Crippen LogP contribution in [0.25, 0.3) is 0 Å². The van der Waals surface area contributed by atoms with Gasteiger partial charge in [-0.2, -0.15) is 0 Å². The monoisotopic (exact) mass is 286 g/mol. The lowest BCUT2D eigenvalue weighted by Gasteiger charge is -2.06. The van der Waals surface area contributed by atoms with Crippen molar-refractivity contribution >= 4 is 25.4 Å². The van der Waals surface area contributed by atoms with Crippen LogP contribution in [0.1, 0.15) is 17.7 Å². The first-order valence-corrected chi connectivity index (χ1v) is 6.34. The molecule has 0 fully saturated rings. The van der Waals surface area contributed by atoms with Crippen LogP contribution in [0, 0.1) is 17.0 Å². The van der Waals surface area contributed by atoms with Gasteiger partial charge in [0.15, 0.2) is 5.03 Å². The third kappa shape index (κ3) is 2.86. The van der Waals surface area contributed by atoms with E-state index in [0.29, 0.717) is 6.07 Å². The van der Waals surface area contributed by atoms with Gasteiger partial charge in [0.1, 0.15) is 5.69 Å². The fraction of sp³-hybridized carbons (Fsp3) is 0.286. The van der Waals surface area contributed by atoms with Gasteiger partial charge < -0.3 is 0 Å². The van der Waals surface area contributed by atoms with E-state index < -0.39 is 36.7 Å². The quantitative estimate of drug-likeness (QED) is 0.482. The Balaban J connectivity index is 3.64. The van der Waals surface area contributed by atoms with E-state index in [0.717, 1.165) is 6.92 Å². The molecule has 1 rings (SSSR count). The van der Waals surface area contributed by atoms with Gasteiger partial charge in [0.05, 0.1) is 10.5 Å². The number of hydrogen-bond donors (Lipinski definition) is 0. The van der Waals surface area contributed by atoms with Crippen molar-refractivity contribution in [3.63, 3.8) is 0 Å². The number of halogens is 3. The van der Waals surface area contributed by atoms with Crippen LogP contribution < -0.4 is 0 Å². The number of nitrogens with zero attached hydrogens (tertiary/aromatic N) is 2. The smallest absolute Gasteiger partial charge is 0.258 e. The number of hydrogen-bond acceptors (Lipinski definition) is 5. The lowest BCUT2D eigenvalue weighted by Crippen LogP contribution is -2.06. The summed E-state index contributed by atoms with van der Waals surface area (Å²) in [7, 11) is 0.433. The molecule has 0 saturated heterocycles. The van der Waals surface area contributed by atoms with E-state index in [9.17, 15) is 27.3 Å². The maximum absolute atomic E-state index is 12.5. The minimum absolute atomic E-state index is 0.307. The van der Waals surface area contributed by atoms with Gasteiger partial charge in [-0.1, -0.05) is 0 Å². The van der Waals surface area contributed by atoms with Crippen molar-refractivity contribution in [1.82, 2.24) is 4.98 Å². The molecule has 1 heterocycles. The van der Waals surface area contributed by atoms with E-state index in [4.69, 9.17) is 10.7 Å². The van der Waals surface area contributed by atoms with Crippen LogP contribution in [0.5, 0.6) is 0 Å². The van der Waals surface area contributed by atoms with Crippen molar-refractivity contribution in [2.24, 2.45) is 0 Å². The fourth-order valence-electron chi connectivity index (χ4n) is 1.12. The number of rotatable bonds is 3. The van der Waals surface area contributed by atoms with Crippen molar-refractivity contribution in [1.29, 1.82) is 0 Å². The van der Waals surface area contributed by atoms with Gasteiger partial charge in [-0.05, 0) is 6.92 Å². The summed E-state index contributed by atoms with van der Waals surface area (Å²) < 4.78 is 47.1. The molecule has 0 aliphatic carbocycles. The number of alkyl halides is 2. The second kappa shape index (κ2) is 4.49. The maximum Gasteiger partial charge on any atom is 0.291 e. The predicted octanol–water partition coefficient (Wildman–Crippen LogP) is 2.16. The molecule has 0 N–H and O–H groups in total. The molecule has 0 radical (unpaired) electrons. The molecule has 0 saturated carbocycles. The molecule has 0 atom stereocenters. The van der Waals surface area contributed by atoms with Gasteiger partial charge in [-0.25, -0.2) is 22.2 Å². The Bertz CT molecular complexity index is 575.